The van der Waals surface area contributed by atoms with Gasteiger partial charge in [-0.3, -0.25) is 4.79 Å². The van der Waals surface area contributed by atoms with E-state index in [0.717, 1.165) is 22.3 Å². The summed E-state index contributed by atoms with van der Waals surface area (Å²) in [5.74, 6) is -1.53. The molecule has 9 heteroatoms. The van der Waals surface area contributed by atoms with E-state index in [-0.39, 0.29) is 30.5 Å². The highest BCUT2D eigenvalue weighted by Gasteiger charge is 2.29. The minimum Gasteiger partial charge on any atom is -0.476 e. The number of carboxylic acids is 1. The Labute approximate surface area is 196 Å². The van der Waals surface area contributed by atoms with Crippen LogP contribution in [0.3, 0.4) is 0 Å². The number of benzene rings is 2. The number of amides is 2. The molecule has 0 saturated carbocycles. The summed E-state index contributed by atoms with van der Waals surface area (Å²) in [6, 6.07) is 16.5. The van der Waals surface area contributed by atoms with Crippen LogP contribution in [0.15, 0.2) is 59.1 Å². The highest BCUT2D eigenvalue weighted by atomic mass is 16.5. The maximum atomic E-state index is 12.6. The zero-order valence-corrected chi connectivity index (χ0v) is 18.6. The second-order valence-corrected chi connectivity index (χ2v) is 8.01. The molecule has 34 heavy (non-hydrogen) atoms. The SMILES string of the molecule is CCCC(NC(=O)OCC1c2ccccc2-c2ccccc21)C(=O)NCc1cc(C(=O)O)no1. The molecule has 176 valence electrons. The number of aromatic nitrogens is 1. The van der Waals surface area contributed by atoms with Crippen molar-refractivity contribution in [1.29, 1.82) is 0 Å². The molecule has 1 aromatic heterocycles. The minimum absolute atomic E-state index is 0.0499. The van der Waals surface area contributed by atoms with E-state index in [9.17, 15) is 14.4 Å². The lowest BCUT2D eigenvalue weighted by molar-refractivity contribution is -0.123. The maximum absolute atomic E-state index is 12.6. The van der Waals surface area contributed by atoms with Crippen LogP contribution in [0.5, 0.6) is 0 Å². The van der Waals surface area contributed by atoms with Gasteiger partial charge in [-0.15, -0.1) is 0 Å². The van der Waals surface area contributed by atoms with Crippen molar-refractivity contribution in [3.05, 3.63) is 77.2 Å². The van der Waals surface area contributed by atoms with E-state index in [1.807, 2.05) is 43.3 Å². The van der Waals surface area contributed by atoms with E-state index in [0.29, 0.717) is 12.8 Å². The summed E-state index contributed by atoms with van der Waals surface area (Å²) < 4.78 is 10.4. The van der Waals surface area contributed by atoms with Crippen LogP contribution in [0.4, 0.5) is 4.79 Å². The molecular weight excluding hydrogens is 438 g/mol. The molecule has 1 aliphatic rings. The van der Waals surface area contributed by atoms with Gasteiger partial charge in [0.1, 0.15) is 12.6 Å². The largest absolute Gasteiger partial charge is 0.476 e. The third-order valence-corrected chi connectivity index (χ3v) is 5.74. The number of rotatable bonds is 9. The summed E-state index contributed by atoms with van der Waals surface area (Å²) in [5.41, 5.74) is 4.23. The van der Waals surface area contributed by atoms with Crippen molar-refractivity contribution in [2.45, 2.75) is 38.3 Å². The Morgan fingerprint density at radius 3 is 2.32 bits per heavy atom. The standard InChI is InChI=1S/C25H25N3O6/c1-2-7-21(23(29)26-13-15-12-22(24(30)31)28-34-15)27-25(32)33-14-20-18-10-5-3-8-16(18)17-9-4-6-11-19(17)20/h3-6,8-12,20-21H,2,7,13-14H2,1H3,(H,26,29)(H,27,32)(H,30,31). The summed E-state index contributed by atoms with van der Waals surface area (Å²) >= 11 is 0. The number of alkyl carbamates (subject to hydrolysis) is 1. The van der Waals surface area contributed by atoms with E-state index in [4.69, 9.17) is 14.4 Å². The van der Waals surface area contributed by atoms with Crippen LogP contribution in [-0.4, -0.2) is 40.9 Å². The van der Waals surface area contributed by atoms with Crippen molar-refractivity contribution < 1.29 is 28.8 Å². The van der Waals surface area contributed by atoms with E-state index < -0.39 is 24.0 Å². The molecule has 1 heterocycles. The fourth-order valence-corrected chi connectivity index (χ4v) is 4.13. The molecule has 2 aromatic carbocycles. The summed E-state index contributed by atoms with van der Waals surface area (Å²) in [6.45, 7) is 2.00. The summed E-state index contributed by atoms with van der Waals surface area (Å²) in [5, 5.41) is 17.6. The summed E-state index contributed by atoms with van der Waals surface area (Å²) in [4.78, 5) is 36.1. The predicted octanol–water partition coefficient (Wildman–Crippen LogP) is 3.70. The Hall–Kier alpha value is -4.14. The molecule has 0 saturated heterocycles. The van der Waals surface area contributed by atoms with E-state index in [1.165, 1.54) is 6.07 Å². The normalized spacial score (nSPS) is 13.0. The molecule has 0 spiro atoms. The number of ether oxygens (including phenoxy) is 1. The lowest BCUT2D eigenvalue weighted by Gasteiger charge is -2.19. The first-order valence-electron chi connectivity index (χ1n) is 11.1. The zero-order valence-electron chi connectivity index (χ0n) is 18.6. The van der Waals surface area contributed by atoms with Crippen LogP contribution in [0.2, 0.25) is 0 Å². The van der Waals surface area contributed by atoms with Gasteiger partial charge < -0.3 is 25.0 Å². The van der Waals surface area contributed by atoms with Gasteiger partial charge in [0.2, 0.25) is 5.91 Å². The first kappa shape index (κ1) is 23.0. The number of hydrogen-bond donors (Lipinski definition) is 3. The Kier molecular flexibility index (Phi) is 6.91. The average Bonchev–Trinajstić information content (AvgIpc) is 3.44. The molecule has 1 atom stereocenters. The first-order chi connectivity index (χ1) is 16.5. The smallest absolute Gasteiger partial charge is 0.407 e. The van der Waals surface area contributed by atoms with Crippen LogP contribution >= 0.6 is 0 Å². The van der Waals surface area contributed by atoms with Crippen molar-refractivity contribution in [3.63, 3.8) is 0 Å². The van der Waals surface area contributed by atoms with Gasteiger partial charge in [0.05, 0.1) is 6.54 Å². The van der Waals surface area contributed by atoms with Crippen LogP contribution in [-0.2, 0) is 16.1 Å². The lowest BCUT2D eigenvalue weighted by atomic mass is 9.98. The second-order valence-electron chi connectivity index (χ2n) is 8.01. The Morgan fingerprint density at radius 2 is 1.74 bits per heavy atom. The molecule has 4 rings (SSSR count). The molecule has 3 N–H and O–H groups in total. The molecule has 0 radical (unpaired) electrons. The summed E-state index contributed by atoms with van der Waals surface area (Å²) in [7, 11) is 0. The van der Waals surface area contributed by atoms with Gasteiger partial charge in [-0.05, 0) is 28.7 Å². The number of carbonyl (C=O) groups is 3. The highest BCUT2D eigenvalue weighted by molar-refractivity contribution is 5.86. The molecule has 0 aliphatic heterocycles. The van der Waals surface area contributed by atoms with Crippen molar-refractivity contribution in [3.8, 4) is 11.1 Å². The number of fused-ring (bicyclic) bond motifs is 3. The van der Waals surface area contributed by atoms with Gasteiger partial charge in [-0.1, -0.05) is 67.0 Å². The van der Waals surface area contributed by atoms with Crippen molar-refractivity contribution in [1.82, 2.24) is 15.8 Å². The zero-order chi connectivity index (χ0) is 24.1. The average molecular weight is 463 g/mol. The van der Waals surface area contributed by atoms with Gasteiger partial charge in [-0.2, -0.15) is 0 Å². The van der Waals surface area contributed by atoms with Crippen molar-refractivity contribution in [2.24, 2.45) is 0 Å². The molecule has 9 nitrogen and oxygen atoms in total. The summed E-state index contributed by atoms with van der Waals surface area (Å²) in [6.07, 6.45) is 0.392. The number of aromatic carboxylic acids is 1. The minimum atomic E-state index is -1.22. The van der Waals surface area contributed by atoms with Crippen LogP contribution in [0.25, 0.3) is 11.1 Å². The fraction of sp³-hybridized carbons (Fsp3) is 0.280. The van der Waals surface area contributed by atoms with Gasteiger partial charge in [0.25, 0.3) is 0 Å². The molecule has 0 fully saturated rings. The quantitative estimate of drug-likeness (QED) is 0.441. The van der Waals surface area contributed by atoms with Crippen LogP contribution < -0.4 is 10.6 Å². The van der Waals surface area contributed by atoms with Gasteiger partial charge in [0, 0.05) is 12.0 Å². The predicted molar refractivity (Wildman–Crippen MR) is 122 cm³/mol. The highest BCUT2D eigenvalue weighted by Crippen LogP contribution is 2.44. The second kappa shape index (κ2) is 10.2. The third-order valence-electron chi connectivity index (χ3n) is 5.74. The number of hydrogen-bond acceptors (Lipinski definition) is 6. The van der Waals surface area contributed by atoms with E-state index in [1.54, 1.807) is 0 Å². The van der Waals surface area contributed by atoms with Crippen molar-refractivity contribution in [2.75, 3.05) is 6.61 Å². The lowest BCUT2D eigenvalue weighted by Crippen LogP contribution is -2.46. The maximum Gasteiger partial charge on any atom is 0.407 e. The Balaban J connectivity index is 1.35. The van der Waals surface area contributed by atoms with E-state index >= 15 is 0 Å². The molecule has 2 amide bonds. The van der Waals surface area contributed by atoms with Gasteiger partial charge in [-0.25, -0.2) is 9.59 Å². The molecule has 1 unspecified atom stereocenters. The monoisotopic (exact) mass is 463 g/mol. The number of carboxylic acid groups (broad SMARTS) is 1. The van der Waals surface area contributed by atoms with Gasteiger partial charge >= 0.3 is 12.1 Å². The van der Waals surface area contributed by atoms with E-state index in [2.05, 4.69) is 27.9 Å². The molecule has 3 aromatic rings. The van der Waals surface area contributed by atoms with Crippen LogP contribution in [0, 0.1) is 0 Å². The molecule has 1 aliphatic carbocycles. The third kappa shape index (κ3) is 4.93. The van der Waals surface area contributed by atoms with Crippen LogP contribution in [0.1, 0.15) is 53.1 Å². The number of nitrogens with one attached hydrogen (secondary N) is 2. The van der Waals surface area contributed by atoms with Crippen molar-refractivity contribution >= 4 is 18.0 Å². The fourth-order valence-electron chi connectivity index (χ4n) is 4.13. The topological polar surface area (TPSA) is 131 Å². The Bertz CT molecular complexity index is 1160. The van der Waals surface area contributed by atoms with Gasteiger partial charge in [0.15, 0.2) is 11.5 Å². The number of carbonyl (C=O) groups excluding carboxylic acids is 2. The molecule has 0 bridgehead atoms. The first-order valence-corrected chi connectivity index (χ1v) is 11.1. The Morgan fingerprint density at radius 1 is 1.09 bits per heavy atom. The molecular formula is C25H25N3O6. The number of nitrogens with zero attached hydrogens (tertiary/aromatic N) is 1.